The lowest BCUT2D eigenvalue weighted by molar-refractivity contribution is 1.37. The molecule has 2 heteroatoms. The van der Waals surface area contributed by atoms with E-state index in [1.54, 1.807) is 0 Å². The molecule has 2 rings (SSSR count). The summed E-state index contributed by atoms with van der Waals surface area (Å²) in [7, 11) is 0. The molecular weight excluding hydrogens is 170 g/mol. The average molecular weight is 178 g/mol. The molecular formula is C10H8ClN. The van der Waals surface area contributed by atoms with Gasteiger partial charge in [0, 0.05) is 21.3 Å². The van der Waals surface area contributed by atoms with Crippen LogP contribution in [0.1, 0.15) is 0 Å². The van der Waals surface area contributed by atoms with Gasteiger partial charge in [0.05, 0.1) is 0 Å². The minimum atomic E-state index is 0.728. The van der Waals surface area contributed by atoms with Crippen molar-refractivity contribution in [2.24, 2.45) is 0 Å². The standard InChI is InChI=1S/C10H8ClN/c1-6-7(2)12-10-4-3-8(11)5-9(6)10/h3-5,12H,1-2H2. The lowest BCUT2D eigenvalue weighted by atomic mass is 10.2. The maximum Gasteiger partial charge on any atom is 0.0465 e. The first-order valence-electron chi connectivity index (χ1n) is 3.63. The van der Waals surface area contributed by atoms with Crippen LogP contribution in [0.5, 0.6) is 0 Å². The van der Waals surface area contributed by atoms with Gasteiger partial charge in [0.25, 0.3) is 0 Å². The molecule has 0 amide bonds. The van der Waals surface area contributed by atoms with Crippen LogP contribution in [-0.4, -0.2) is 4.98 Å². The second-order valence-corrected chi connectivity index (χ2v) is 3.21. The molecule has 0 bridgehead atoms. The maximum atomic E-state index is 5.84. The quantitative estimate of drug-likeness (QED) is 0.630. The van der Waals surface area contributed by atoms with Gasteiger partial charge >= 0.3 is 0 Å². The summed E-state index contributed by atoms with van der Waals surface area (Å²) in [6.45, 7) is 7.72. The number of aromatic amines is 1. The van der Waals surface area contributed by atoms with Gasteiger partial charge < -0.3 is 4.98 Å². The van der Waals surface area contributed by atoms with E-state index < -0.39 is 0 Å². The lowest BCUT2D eigenvalue weighted by Gasteiger charge is -1.89. The number of hydrogen-bond acceptors (Lipinski definition) is 0. The number of aromatic nitrogens is 1. The van der Waals surface area contributed by atoms with Gasteiger partial charge in [-0.1, -0.05) is 24.8 Å². The zero-order valence-corrected chi connectivity index (χ0v) is 7.28. The Hall–Kier alpha value is -1.21. The second-order valence-electron chi connectivity index (χ2n) is 2.77. The van der Waals surface area contributed by atoms with Crippen LogP contribution in [0.15, 0.2) is 18.2 Å². The van der Waals surface area contributed by atoms with Crippen LogP contribution in [0, 0.1) is 0 Å². The summed E-state index contributed by atoms with van der Waals surface area (Å²) in [6.07, 6.45) is 0. The molecule has 0 spiro atoms. The van der Waals surface area contributed by atoms with E-state index in [0.717, 1.165) is 26.5 Å². The van der Waals surface area contributed by atoms with Crippen LogP contribution in [0.2, 0.25) is 5.02 Å². The van der Waals surface area contributed by atoms with Crippen molar-refractivity contribution in [1.82, 2.24) is 4.98 Å². The van der Waals surface area contributed by atoms with Crippen LogP contribution in [0.25, 0.3) is 24.1 Å². The molecule has 0 saturated heterocycles. The van der Waals surface area contributed by atoms with E-state index in [9.17, 15) is 0 Å². The summed E-state index contributed by atoms with van der Waals surface area (Å²) < 4.78 is 0. The Morgan fingerprint density at radius 1 is 1.25 bits per heavy atom. The molecule has 60 valence electrons. The summed E-state index contributed by atoms with van der Waals surface area (Å²) in [5.74, 6) is 0. The summed E-state index contributed by atoms with van der Waals surface area (Å²) in [6, 6.07) is 5.67. The fourth-order valence-corrected chi connectivity index (χ4v) is 1.45. The molecule has 0 unspecified atom stereocenters. The Balaban J connectivity index is 3.08. The highest BCUT2D eigenvalue weighted by Crippen LogP contribution is 2.13. The third-order valence-corrected chi connectivity index (χ3v) is 2.19. The van der Waals surface area contributed by atoms with Crippen molar-refractivity contribution in [2.45, 2.75) is 0 Å². The van der Waals surface area contributed by atoms with Crippen molar-refractivity contribution >= 4 is 35.7 Å². The first-order valence-corrected chi connectivity index (χ1v) is 4.01. The van der Waals surface area contributed by atoms with Gasteiger partial charge in [-0.05, 0) is 23.4 Å². The number of nitrogens with one attached hydrogen (secondary N) is 1. The van der Waals surface area contributed by atoms with Crippen LogP contribution in [0.3, 0.4) is 0 Å². The molecule has 0 aliphatic heterocycles. The predicted octanol–water partition coefficient (Wildman–Crippen LogP) is 1.64. The first-order chi connectivity index (χ1) is 5.68. The van der Waals surface area contributed by atoms with Crippen molar-refractivity contribution in [3.05, 3.63) is 33.8 Å². The van der Waals surface area contributed by atoms with E-state index in [0.29, 0.717) is 0 Å². The van der Waals surface area contributed by atoms with E-state index in [4.69, 9.17) is 11.6 Å². The third kappa shape index (κ3) is 0.942. The molecule has 0 radical (unpaired) electrons. The van der Waals surface area contributed by atoms with Crippen LogP contribution in [-0.2, 0) is 0 Å². The highest BCUT2D eigenvalue weighted by atomic mass is 35.5. The van der Waals surface area contributed by atoms with Crippen LogP contribution < -0.4 is 10.6 Å². The van der Waals surface area contributed by atoms with Crippen molar-refractivity contribution in [3.63, 3.8) is 0 Å². The molecule has 0 fully saturated rings. The molecule has 1 heterocycles. The molecule has 2 aromatic rings. The van der Waals surface area contributed by atoms with Crippen LogP contribution >= 0.6 is 11.6 Å². The number of benzene rings is 1. The minimum Gasteiger partial charge on any atom is -0.355 e. The molecule has 0 atom stereocenters. The lowest BCUT2D eigenvalue weighted by Crippen LogP contribution is -2.18. The molecule has 1 aromatic heterocycles. The fraction of sp³-hybridized carbons (Fsp3) is 0. The van der Waals surface area contributed by atoms with Gasteiger partial charge in [0.1, 0.15) is 0 Å². The van der Waals surface area contributed by atoms with Crippen molar-refractivity contribution in [1.29, 1.82) is 0 Å². The van der Waals surface area contributed by atoms with Gasteiger partial charge in [0.15, 0.2) is 0 Å². The normalized spacial score (nSPS) is 10.8. The SMILES string of the molecule is C=c1[nH]c2ccc(Cl)cc2c1=C. The first kappa shape index (κ1) is 7.44. The minimum absolute atomic E-state index is 0.728. The number of halogens is 1. The fourth-order valence-electron chi connectivity index (χ4n) is 1.28. The Bertz CT molecular complexity index is 524. The van der Waals surface area contributed by atoms with E-state index >= 15 is 0 Å². The molecule has 0 saturated carbocycles. The van der Waals surface area contributed by atoms with E-state index in [2.05, 4.69) is 18.1 Å². The molecule has 1 nitrogen and oxygen atoms in total. The molecule has 0 aliphatic rings. The summed E-state index contributed by atoms with van der Waals surface area (Å²) in [5.41, 5.74) is 1.04. The molecule has 12 heavy (non-hydrogen) atoms. The number of fused-ring (bicyclic) bond motifs is 1. The summed E-state index contributed by atoms with van der Waals surface area (Å²) in [4.78, 5) is 3.12. The van der Waals surface area contributed by atoms with Crippen LogP contribution in [0.4, 0.5) is 0 Å². The van der Waals surface area contributed by atoms with E-state index in [1.807, 2.05) is 18.2 Å². The maximum absolute atomic E-state index is 5.84. The predicted molar refractivity (Wildman–Crippen MR) is 53.6 cm³/mol. The highest BCUT2D eigenvalue weighted by molar-refractivity contribution is 6.31. The topological polar surface area (TPSA) is 15.8 Å². The Morgan fingerprint density at radius 3 is 2.75 bits per heavy atom. The smallest absolute Gasteiger partial charge is 0.0465 e. The highest BCUT2D eigenvalue weighted by Gasteiger charge is 1.97. The summed E-state index contributed by atoms with van der Waals surface area (Å²) in [5, 5.41) is 3.55. The number of H-pyrrole nitrogens is 1. The third-order valence-electron chi connectivity index (χ3n) is 1.96. The molecule has 1 aromatic carbocycles. The average Bonchev–Trinajstić information content (AvgIpc) is 2.31. The largest absolute Gasteiger partial charge is 0.355 e. The van der Waals surface area contributed by atoms with Gasteiger partial charge in [-0.25, -0.2) is 0 Å². The second kappa shape index (κ2) is 2.39. The Kier molecular flexibility index (Phi) is 1.48. The van der Waals surface area contributed by atoms with Crippen molar-refractivity contribution < 1.29 is 0 Å². The monoisotopic (exact) mass is 177 g/mol. The molecule has 1 N–H and O–H groups in total. The zero-order valence-electron chi connectivity index (χ0n) is 6.52. The van der Waals surface area contributed by atoms with E-state index in [1.165, 1.54) is 0 Å². The zero-order chi connectivity index (χ0) is 8.72. The van der Waals surface area contributed by atoms with Gasteiger partial charge in [0.2, 0.25) is 0 Å². The Labute approximate surface area is 75.0 Å². The van der Waals surface area contributed by atoms with Crippen molar-refractivity contribution in [2.75, 3.05) is 0 Å². The molecule has 0 aliphatic carbocycles. The van der Waals surface area contributed by atoms with Gasteiger partial charge in [-0.3, -0.25) is 0 Å². The van der Waals surface area contributed by atoms with E-state index in [-0.39, 0.29) is 0 Å². The number of hydrogen-bond donors (Lipinski definition) is 1. The van der Waals surface area contributed by atoms with Gasteiger partial charge in [-0.2, -0.15) is 0 Å². The van der Waals surface area contributed by atoms with Crippen molar-refractivity contribution in [3.8, 4) is 0 Å². The summed E-state index contributed by atoms with van der Waals surface area (Å²) >= 11 is 5.84. The number of rotatable bonds is 0. The van der Waals surface area contributed by atoms with Gasteiger partial charge in [-0.15, -0.1) is 0 Å². The Morgan fingerprint density at radius 2 is 2.00 bits per heavy atom.